The van der Waals surface area contributed by atoms with Gasteiger partial charge in [0.2, 0.25) is 12.2 Å². The van der Waals surface area contributed by atoms with E-state index >= 15 is 0 Å². The Balaban J connectivity index is 2.43. The van der Waals surface area contributed by atoms with Gasteiger partial charge >= 0.3 is 23.9 Å². The van der Waals surface area contributed by atoms with Gasteiger partial charge in [-0.05, 0) is 6.07 Å². The molecule has 34 heavy (non-hydrogen) atoms. The number of carbonyl (C=O) groups is 5. The lowest BCUT2D eigenvalue weighted by molar-refractivity contribution is -0.270. The van der Waals surface area contributed by atoms with Gasteiger partial charge in [-0.1, -0.05) is 0 Å². The fourth-order valence-corrected chi connectivity index (χ4v) is 3.10. The maximum absolute atomic E-state index is 12.7. The maximum atomic E-state index is 12.7. The van der Waals surface area contributed by atoms with Crippen LogP contribution in [0.25, 0.3) is 0 Å². The summed E-state index contributed by atoms with van der Waals surface area (Å²) in [5.41, 5.74) is 0. The molecule has 2 heterocycles. The fourth-order valence-electron chi connectivity index (χ4n) is 3.10. The van der Waals surface area contributed by atoms with Gasteiger partial charge in [0.05, 0.1) is 0 Å². The summed E-state index contributed by atoms with van der Waals surface area (Å²) >= 11 is 0. The van der Waals surface area contributed by atoms with Gasteiger partial charge in [-0.3, -0.25) is 34.4 Å². The predicted octanol–water partition coefficient (Wildman–Crippen LogP) is -0.214. The minimum absolute atomic E-state index is 0.445. The Morgan fingerprint density at radius 2 is 1.56 bits per heavy atom. The van der Waals surface area contributed by atoms with Gasteiger partial charge in [-0.15, -0.1) is 0 Å². The Kier molecular flexibility index (Phi) is 8.94. The normalized spacial score (nSPS) is 23.9. The van der Waals surface area contributed by atoms with Gasteiger partial charge in [0.25, 0.3) is 5.91 Å². The fraction of sp³-hybridized carbons (Fsp3) is 0.526. The molecule has 2 rings (SSSR count). The van der Waals surface area contributed by atoms with E-state index in [4.69, 9.17) is 33.3 Å². The number of esters is 4. The number of furan rings is 1. The molecule has 1 fully saturated rings. The summed E-state index contributed by atoms with van der Waals surface area (Å²) < 4.78 is 31.1. The number of amides is 1. The van der Waals surface area contributed by atoms with Crippen molar-refractivity contribution in [2.75, 3.05) is 11.8 Å². The first-order valence-corrected chi connectivity index (χ1v) is 9.76. The highest BCUT2D eigenvalue weighted by molar-refractivity contribution is 5.92. The molecule has 0 aliphatic carbocycles. The lowest BCUT2D eigenvalue weighted by atomic mass is 9.96. The van der Waals surface area contributed by atoms with E-state index in [0.29, 0.717) is 0 Å². The second-order valence-corrected chi connectivity index (χ2v) is 7.01. The van der Waals surface area contributed by atoms with Crippen LogP contribution >= 0.6 is 0 Å². The lowest BCUT2D eigenvalue weighted by Crippen LogP contribution is -2.67. The number of rotatable bonds is 8. The van der Waals surface area contributed by atoms with E-state index in [2.05, 4.69) is 5.32 Å². The Morgan fingerprint density at radius 3 is 2.06 bits per heavy atom. The number of anilines is 1. The summed E-state index contributed by atoms with van der Waals surface area (Å²) in [6, 6.07) is 0.608. The van der Waals surface area contributed by atoms with E-state index in [1.807, 2.05) is 0 Å². The number of nitrogens with one attached hydrogen (secondary N) is 1. The van der Waals surface area contributed by atoms with Crippen molar-refractivity contribution >= 4 is 35.7 Å². The van der Waals surface area contributed by atoms with Crippen molar-refractivity contribution in [1.82, 2.24) is 5.32 Å². The van der Waals surface area contributed by atoms with Gasteiger partial charge in [0.1, 0.15) is 18.8 Å². The molecule has 1 amide bonds. The first-order chi connectivity index (χ1) is 15.9. The molecule has 0 radical (unpaired) electrons. The molecule has 1 aromatic heterocycles. The Labute approximate surface area is 192 Å². The van der Waals surface area contributed by atoms with Crippen LogP contribution in [0.4, 0.5) is 5.88 Å². The van der Waals surface area contributed by atoms with Crippen molar-refractivity contribution in [3.63, 3.8) is 0 Å². The molecule has 2 N–H and O–H groups in total. The van der Waals surface area contributed by atoms with Crippen LogP contribution in [0.15, 0.2) is 16.5 Å². The minimum atomic E-state index is -1.60. The molecular formula is C19H23N2O13-. The smallest absolute Gasteiger partial charge is 0.305 e. The highest BCUT2D eigenvalue weighted by Crippen LogP contribution is 2.28. The van der Waals surface area contributed by atoms with Crippen LogP contribution in [0.5, 0.6) is 0 Å². The zero-order valence-corrected chi connectivity index (χ0v) is 18.5. The van der Waals surface area contributed by atoms with Crippen molar-refractivity contribution < 1.29 is 57.3 Å². The zero-order valence-electron chi connectivity index (χ0n) is 18.5. The molecule has 1 saturated heterocycles. The lowest BCUT2D eigenvalue weighted by Gasteiger charge is -2.44. The quantitative estimate of drug-likeness (QED) is 0.277. The third-order valence-electron chi connectivity index (χ3n) is 4.29. The van der Waals surface area contributed by atoms with Gasteiger partial charge in [-0.2, -0.15) is 0 Å². The summed E-state index contributed by atoms with van der Waals surface area (Å²) in [4.78, 5) is 59.2. The summed E-state index contributed by atoms with van der Waals surface area (Å²) in [5, 5.41) is 21.6. The highest BCUT2D eigenvalue weighted by Gasteiger charge is 2.52. The van der Waals surface area contributed by atoms with Crippen LogP contribution in [-0.2, 0) is 42.9 Å². The summed E-state index contributed by atoms with van der Waals surface area (Å²) in [7, 11) is 0. The minimum Gasteiger partial charge on any atom is -0.731 e. The van der Waals surface area contributed by atoms with Gasteiger partial charge in [0.15, 0.2) is 18.0 Å². The third-order valence-corrected chi connectivity index (χ3v) is 4.29. The largest absolute Gasteiger partial charge is 0.731 e. The summed E-state index contributed by atoms with van der Waals surface area (Å²) in [5.74, 6) is -5.24. The zero-order chi connectivity index (χ0) is 25.6. The average Bonchev–Trinajstić information content (AvgIpc) is 3.20. The first-order valence-electron chi connectivity index (χ1n) is 9.76. The molecule has 5 atom stereocenters. The van der Waals surface area contributed by atoms with Crippen LogP contribution in [0.3, 0.4) is 0 Å². The molecule has 15 nitrogen and oxygen atoms in total. The SMILES string of the molecule is CC(=O)OCC1OC(OC(C)=O)C(NC(=O)c2ccc(N([O-])O)o2)C(OC(C)=O)C1OC(C)=O. The predicted molar refractivity (Wildman–Crippen MR) is 106 cm³/mol. The van der Waals surface area contributed by atoms with Crippen molar-refractivity contribution in [3.05, 3.63) is 23.1 Å². The van der Waals surface area contributed by atoms with Crippen LogP contribution < -0.4 is 10.5 Å². The molecule has 0 bridgehead atoms. The van der Waals surface area contributed by atoms with Crippen molar-refractivity contribution in [3.8, 4) is 0 Å². The number of ether oxygens (including phenoxy) is 5. The van der Waals surface area contributed by atoms with Crippen LogP contribution in [0.2, 0.25) is 0 Å². The highest BCUT2D eigenvalue weighted by atomic mass is 16.8. The molecule has 15 heteroatoms. The van der Waals surface area contributed by atoms with Gasteiger partial charge < -0.3 is 38.6 Å². The summed E-state index contributed by atoms with van der Waals surface area (Å²) in [6.45, 7) is 3.80. The van der Waals surface area contributed by atoms with E-state index in [0.717, 1.165) is 39.8 Å². The molecule has 0 saturated carbocycles. The number of hydrogen-bond donors (Lipinski definition) is 2. The summed E-state index contributed by atoms with van der Waals surface area (Å²) in [6.07, 6.45) is -5.73. The molecule has 0 aromatic carbocycles. The maximum Gasteiger partial charge on any atom is 0.305 e. The number of nitrogens with zero attached hydrogens (tertiary/aromatic N) is 1. The van der Waals surface area contributed by atoms with E-state index in [1.165, 1.54) is 0 Å². The average molecular weight is 487 g/mol. The van der Waals surface area contributed by atoms with Gasteiger partial charge in [0, 0.05) is 33.8 Å². The molecular weight excluding hydrogens is 464 g/mol. The Bertz CT molecular complexity index is 927. The molecule has 188 valence electrons. The molecule has 1 aromatic rings. The first kappa shape index (κ1) is 26.6. The molecule has 0 spiro atoms. The number of carbonyl (C=O) groups excluding carboxylic acids is 5. The third kappa shape index (κ3) is 7.16. The second-order valence-electron chi connectivity index (χ2n) is 7.01. The van der Waals surface area contributed by atoms with E-state index in [1.54, 1.807) is 0 Å². The Morgan fingerprint density at radius 1 is 0.971 bits per heavy atom. The van der Waals surface area contributed by atoms with Crippen molar-refractivity contribution in [1.29, 1.82) is 0 Å². The van der Waals surface area contributed by atoms with E-state index in [-0.39, 0.29) is 0 Å². The molecule has 1 aliphatic rings. The van der Waals surface area contributed by atoms with Crippen molar-refractivity contribution in [2.45, 2.75) is 58.3 Å². The van der Waals surface area contributed by atoms with Gasteiger partial charge in [-0.25, -0.2) is 0 Å². The standard InChI is InChI=1S/C19H23N2O13/c1-8(22)29-7-13-16(30-9(2)23)17(31-10(3)24)15(19(34-13)32-11(4)25)20-18(26)12-5-6-14(33-12)21(27)28/h5-6,13,15-17,19,27H,7H2,1-4H3,(H,20,26)/q-1. The molecule has 5 unspecified atom stereocenters. The molecule has 1 aliphatic heterocycles. The van der Waals surface area contributed by atoms with E-state index in [9.17, 15) is 29.2 Å². The van der Waals surface area contributed by atoms with E-state index < -0.39 is 83.9 Å². The Hall–Kier alpha value is -3.69. The topological polar surface area (TPSA) is 203 Å². The van der Waals surface area contributed by atoms with Crippen LogP contribution in [-0.4, -0.2) is 72.2 Å². The number of hydrogen-bond acceptors (Lipinski definition) is 14. The monoisotopic (exact) mass is 487 g/mol. The second kappa shape index (κ2) is 11.4. The van der Waals surface area contributed by atoms with Crippen LogP contribution in [0.1, 0.15) is 38.2 Å². The van der Waals surface area contributed by atoms with Crippen molar-refractivity contribution in [2.24, 2.45) is 0 Å². The van der Waals surface area contributed by atoms with Crippen LogP contribution in [0, 0.1) is 5.21 Å².